The number of benzene rings is 1. The smallest absolute Gasteiger partial charge is 0.193 e. The Morgan fingerprint density at radius 2 is 2.21 bits per heavy atom. The largest absolute Gasteiger partial charge is 0.497 e. The van der Waals surface area contributed by atoms with Gasteiger partial charge in [0.2, 0.25) is 0 Å². The van der Waals surface area contributed by atoms with Crippen molar-refractivity contribution in [3.63, 3.8) is 0 Å². The first kappa shape index (κ1) is 24.6. The van der Waals surface area contributed by atoms with Gasteiger partial charge in [-0.05, 0) is 43.7 Å². The molecule has 0 bridgehead atoms. The Kier molecular flexibility index (Phi) is 12.0. The summed E-state index contributed by atoms with van der Waals surface area (Å²) in [6, 6.07) is 8.34. The predicted molar refractivity (Wildman–Crippen MR) is 131 cm³/mol. The van der Waals surface area contributed by atoms with E-state index >= 15 is 0 Å². The second kappa shape index (κ2) is 13.7. The minimum atomic E-state index is 0. The summed E-state index contributed by atoms with van der Waals surface area (Å²) in [5.41, 5.74) is 1.25. The number of hydrogen-bond acceptors (Lipinski definition) is 3. The van der Waals surface area contributed by atoms with E-state index in [1.54, 1.807) is 7.11 Å². The lowest BCUT2D eigenvalue weighted by Crippen LogP contribution is -2.41. The Morgan fingerprint density at radius 1 is 1.39 bits per heavy atom. The number of ether oxygens (including phenoxy) is 1. The molecule has 6 heteroatoms. The van der Waals surface area contributed by atoms with Crippen LogP contribution in [0.3, 0.4) is 0 Å². The molecule has 158 valence electrons. The summed E-state index contributed by atoms with van der Waals surface area (Å²) in [6.45, 7) is 7.95. The standard InChI is InChI=1S/C22H36N4O.HI/c1-5-6-7-8-9-14-25(3)22(23-2)24-17-19-13-15-26(18-19)20-11-10-12-21(16-20)27-4;/h5,10-12,16,19H,1,6-9,13-15,17-18H2,2-4H3,(H,23,24);1H. The first-order chi connectivity index (χ1) is 13.2. The van der Waals surface area contributed by atoms with Gasteiger partial charge < -0.3 is 19.9 Å². The first-order valence-electron chi connectivity index (χ1n) is 10.1. The SMILES string of the molecule is C=CCCCCCN(C)C(=NC)NCC1CCN(c2cccc(OC)c2)C1.I. The van der Waals surface area contributed by atoms with E-state index in [0.29, 0.717) is 5.92 Å². The highest BCUT2D eigenvalue weighted by Gasteiger charge is 2.23. The first-order valence-corrected chi connectivity index (χ1v) is 10.1. The second-order valence-corrected chi connectivity index (χ2v) is 7.29. The Hall–Kier alpha value is -1.44. The zero-order valence-electron chi connectivity index (χ0n) is 17.7. The number of nitrogens with one attached hydrogen (secondary N) is 1. The number of rotatable bonds is 10. The van der Waals surface area contributed by atoms with Gasteiger partial charge in [0.05, 0.1) is 7.11 Å². The molecule has 0 aliphatic carbocycles. The summed E-state index contributed by atoms with van der Waals surface area (Å²) >= 11 is 0. The fourth-order valence-electron chi connectivity index (χ4n) is 3.58. The van der Waals surface area contributed by atoms with Crippen LogP contribution in [0.25, 0.3) is 0 Å². The third kappa shape index (κ3) is 7.89. The van der Waals surface area contributed by atoms with Gasteiger partial charge in [0.15, 0.2) is 5.96 Å². The molecule has 0 saturated carbocycles. The van der Waals surface area contributed by atoms with Gasteiger partial charge in [-0.3, -0.25) is 4.99 Å². The molecule has 1 atom stereocenters. The van der Waals surface area contributed by atoms with Crippen LogP contribution in [-0.4, -0.2) is 58.2 Å². The molecule has 0 amide bonds. The van der Waals surface area contributed by atoms with Crippen LogP contribution in [-0.2, 0) is 0 Å². The number of aliphatic imine (C=N–C) groups is 1. The molecule has 1 fully saturated rings. The molecule has 0 spiro atoms. The molecule has 1 heterocycles. The van der Waals surface area contributed by atoms with E-state index < -0.39 is 0 Å². The van der Waals surface area contributed by atoms with Gasteiger partial charge in [-0.1, -0.05) is 18.6 Å². The van der Waals surface area contributed by atoms with Crippen LogP contribution < -0.4 is 15.0 Å². The molecule has 1 saturated heterocycles. The zero-order valence-corrected chi connectivity index (χ0v) is 20.0. The lowest BCUT2D eigenvalue weighted by Gasteiger charge is -2.24. The molecule has 1 unspecified atom stereocenters. The second-order valence-electron chi connectivity index (χ2n) is 7.29. The Morgan fingerprint density at radius 3 is 2.93 bits per heavy atom. The average Bonchev–Trinajstić information content (AvgIpc) is 3.17. The summed E-state index contributed by atoms with van der Waals surface area (Å²) in [4.78, 5) is 9.13. The molecule has 2 rings (SSSR count). The maximum atomic E-state index is 5.35. The number of nitrogens with zero attached hydrogens (tertiary/aromatic N) is 3. The zero-order chi connectivity index (χ0) is 19.5. The van der Waals surface area contributed by atoms with Crippen molar-refractivity contribution in [1.82, 2.24) is 10.2 Å². The van der Waals surface area contributed by atoms with Crippen molar-refractivity contribution in [1.29, 1.82) is 0 Å². The molecule has 0 aromatic heterocycles. The highest BCUT2D eigenvalue weighted by atomic mass is 127. The molecular formula is C22H37IN4O. The molecule has 1 aromatic rings. The van der Waals surface area contributed by atoms with E-state index in [2.05, 4.69) is 51.9 Å². The molecule has 1 aliphatic heterocycles. The quantitative estimate of drug-likeness (QED) is 0.170. The number of halogens is 1. The van der Waals surface area contributed by atoms with E-state index in [9.17, 15) is 0 Å². The van der Waals surface area contributed by atoms with Crippen molar-refractivity contribution in [2.75, 3.05) is 52.3 Å². The van der Waals surface area contributed by atoms with Gasteiger partial charge in [0.1, 0.15) is 5.75 Å². The van der Waals surface area contributed by atoms with E-state index in [0.717, 1.165) is 44.3 Å². The van der Waals surface area contributed by atoms with Gasteiger partial charge in [0.25, 0.3) is 0 Å². The number of guanidine groups is 1. The van der Waals surface area contributed by atoms with Crippen LogP contribution >= 0.6 is 24.0 Å². The average molecular weight is 500 g/mol. The third-order valence-corrected chi connectivity index (χ3v) is 5.23. The Labute approximate surface area is 188 Å². The molecule has 0 radical (unpaired) electrons. The van der Waals surface area contributed by atoms with Gasteiger partial charge >= 0.3 is 0 Å². The van der Waals surface area contributed by atoms with Crippen molar-refractivity contribution in [3.8, 4) is 5.75 Å². The van der Waals surface area contributed by atoms with Crippen LogP contribution in [0.5, 0.6) is 5.75 Å². The van der Waals surface area contributed by atoms with Crippen LogP contribution in [0, 0.1) is 5.92 Å². The minimum absolute atomic E-state index is 0. The normalized spacial score (nSPS) is 16.5. The van der Waals surface area contributed by atoms with Crippen LogP contribution in [0.4, 0.5) is 5.69 Å². The number of methoxy groups -OCH3 is 1. The van der Waals surface area contributed by atoms with Crippen LogP contribution in [0.15, 0.2) is 41.9 Å². The summed E-state index contributed by atoms with van der Waals surface area (Å²) in [7, 11) is 5.71. The number of unbranched alkanes of at least 4 members (excludes halogenated alkanes) is 3. The van der Waals surface area contributed by atoms with Crippen molar-refractivity contribution < 1.29 is 4.74 Å². The van der Waals surface area contributed by atoms with E-state index in [1.165, 1.54) is 31.4 Å². The Bertz CT molecular complexity index is 608. The maximum Gasteiger partial charge on any atom is 0.193 e. The Balaban J connectivity index is 0.00000392. The van der Waals surface area contributed by atoms with E-state index in [-0.39, 0.29) is 24.0 Å². The fraction of sp³-hybridized carbons (Fsp3) is 0.591. The molecule has 1 aliphatic rings. The van der Waals surface area contributed by atoms with Crippen LogP contribution in [0.1, 0.15) is 32.1 Å². The number of anilines is 1. The highest BCUT2D eigenvalue weighted by Crippen LogP contribution is 2.26. The fourth-order valence-corrected chi connectivity index (χ4v) is 3.58. The summed E-state index contributed by atoms with van der Waals surface area (Å²) < 4.78 is 5.35. The monoisotopic (exact) mass is 500 g/mol. The maximum absolute atomic E-state index is 5.35. The summed E-state index contributed by atoms with van der Waals surface area (Å²) in [5, 5.41) is 3.57. The van der Waals surface area contributed by atoms with Gasteiger partial charge in [-0.15, -0.1) is 30.6 Å². The van der Waals surface area contributed by atoms with E-state index in [4.69, 9.17) is 4.74 Å². The summed E-state index contributed by atoms with van der Waals surface area (Å²) in [6.07, 6.45) is 7.98. The number of hydrogen-bond donors (Lipinski definition) is 1. The van der Waals surface area contributed by atoms with Gasteiger partial charge in [-0.2, -0.15) is 0 Å². The summed E-state index contributed by atoms with van der Waals surface area (Å²) in [5.74, 6) is 2.55. The minimum Gasteiger partial charge on any atom is -0.497 e. The van der Waals surface area contributed by atoms with Crippen LogP contribution in [0.2, 0.25) is 0 Å². The molecule has 28 heavy (non-hydrogen) atoms. The van der Waals surface area contributed by atoms with Gasteiger partial charge in [-0.25, -0.2) is 0 Å². The van der Waals surface area contributed by atoms with Gasteiger partial charge in [0, 0.05) is 52.0 Å². The van der Waals surface area contributed by atoms with E-state index in [1.807, 2.05) is 19.2 Å². The van der Waals surface area contributed by atoms with Crippen molar-refractivity contribution in [2.24, 2.45) is 10.9 Å². The molecule has 5 nitrogen and oxygen atoms in total. The molecule has 1 aromatic carbocycles. The third-order valence-electron chi connectivity index (χ3n) is 5.23. The van der Waals surface area contributed by atoms with Crippen molar-refractivity contribution in [2.45, 2.75) is 32.1 Å². The topological polar surface area (TPSA) is 40.1 Å². The molecular weight excluding hydrogens is 463 g/mol. The van der Waals surface area contributed by atoms with Crippen molar-refractivity contribution >= 4 is 35.6 Å². The highest BCUT2D eigenvalue weighted by molar-refractivity contribution is 14.0. The lowest BCUT2D eigenvalue weighted by atomic mass is 10.1. The van der Waals surface area contributed by atoms with Crippen molar-refractivity contribution in [3.05, 3.63) is 36.9 Å². The predicted octanol–water partition coefficient (Wildman–Crippen LogP) is 4.39. The number of allylic oxidation sites excluding steroid dienone is 1. The molecule has 1 N–H and O–H groups in total. The lowest BCUT2D eigenvalue weighted by molar-refractivity contribution is 0.415.